The van der Waals surface area contributed by atoms with Crippen molar-refractivity contribution in [2.45, 2.75) is 6.54 Å². The van der Waals surface area contributed by atoms with E-state index < -0.39 is 0 Å². The molecule has 0 aliphatic heterocycles. The van der Waals surface area contributed by atoms with Crippen LogP contribution in [0.1, 0.15) is 5.69 Å². The van der Waals surface area contributed by atoms with Crippen molar-refractivity contribution < 1.29 is 0 Å². The van der Waals surface area contributed by atoms with Crippen molar-refractivity contribution in [1.29, 1.82) is 0 Å². The van der Waals surface area contributed by atoms with Gasteiger partial charge in [0.15, 0.2) is 0 Å². The third-order valence-electron chi connectivity index (χ3n) is 2.50. The van der Waals surface area contributed by atoms with Crippen LogP contribution in [0.15, 0.2) is 24.4 Å². The van der Waals surface area contributed by atoms with E-state index in [2.05, 4.69) is 19.9 Å². The summed E-state index contributed by atoms with van der Waals surface area (Å²) in [7, 11) is 5.61. The number of anilines is 3. The zero-order valence-corrected chi connectivity index (χ0v) is 11.3. The highest BCUT2D eigenvalue weighted by Gasteiger charge is 2.10. The first-order valence-electron chi connectivity index (χ1n) is 5.86. The number of hydrogen-bond acceptors (Lipinski definition) is 7. The molecule has 7 heteroatoms. The second kappa shape index (κ2) is 5.47. The molecular weight excluding hydrogens is 242 g/mol. The monoisotopic (exact) mass is 259 g/mol. The van der Waals surface area contributed by atoms with Crippen molar-refractivity contribution in [2.75, 3.05) is 36.7 Å². The van der Waals surface area contributed by atoms with Gasteiger partial charge in [0.05, 0.1) is 12.2 Å². The standard InChI is InChI=1S/C12H17N7/c1-18(2)11-15-10(13)16-12(17-11)19(3)8-9-6-4-5-7-14-9/h4-7H,8H2,1-3H3,(H2,13,15,16,17). The van der Waals surface area contributed by atoms with Crippen molar-refractivity contribution in [3.63, 3.8) is 0 Å². The molecule has 0 aliphatic carbocycles. The first-order valence-corrected chi connectivity index (χ1v) is 5.86. The highest BCUT2D eigenvalue weighted by Crippen LogP contribution is 2.13. The van der Waals surface area contributed by atoms with Crippen molar-refractivity contribution >= 4 is 17.8 Å². The lowest BCUT2D eigenvalue weighted by molar-refractivity contribution is 0.826. The predicted molar refractivity (Wildman–Crippen MR) is 74.9 cm³/mol. The lowest BCUT2D eigenvalue weighted by Crippen LogP contribution is -2.23. The zero-order valence-electron chi connectivity index (χ0n) is 11.3. The van der Waals surface area contributed by atoms with Crippen molar-refractivity contribution in [3.05, 3.63) is 30.1 Å². The number of aromatic nitrogens is 4. The van der Waals surface area contributed by atoms with Crippen LogP contribution in [0.5, 0.6) is 0 Å². The Hall–Kier alpha value is -2.44. The van der Waals surface area contributed by atoms with Gasteiger partial charge < -0.3 is 15.5 Å². The van der Waals surface area contributed by atoms with Gasteiger partial charge in [0.25, 0.3) is 0 Å². The van der Waals surface area contributed by atoms with Crippen LogP contribution in [0.4, 0.5) is 17.8 Å². The number of pyridine rings is 1. The molecule has 19 heavy (non-hydrogen) atoms. The second-order valence-corrected chi connectivity index (χ2v) is 4.37. The summed E-state index contributed by atoms with van der Waals surface area (Å²) in [6, 6.07) is 5.78. The molecule has 0 unspecified atom stereocenters. The third kappa shape index (κ3) is 3.27. The molecule has 0 bridgehead atoms. The zero-order chi connectivity index (χ0) is 13.8. The molecule has 7 nitrogen and oxygen atoms in total. The molecule has 0 saturated carbocycles. The Kier molecular flexibility index (Phi) is 3.74. The topological polar surface area (TPSA) is 84.1 Å². The molecular formula is C12H17N7. The van der Waals surface area contributed by atoms with Gasteiger partial charge in [-0.1, -0.05) is 6.07 Å². The largest absolute Gasteiger partial charge is 0.368 e. The molecule has 2 N–H and O–H groups in total. The number of hydrogen-bond donors (Lipinski definition) is 1. The molecule has 0 aromatic carbocycles. The second-order valence-electron chi connectivity index (χ2n) is 4.37. The van der Waals surface area contributed by atoms with Crippen LogP contribution >= 0.6 is 0 Å². The minimum atomic E-state index is 0.210. The van der Waals surface area contributed by atoms with Crippen LogP contribution in [0.3, 0.4) is 0 Å². The first kappa shape index (κ1) is 13.0. The van der Waals surface area contributed by atoms with E-state index in [9.17, 15) is 0 Å². The van der Waals surface area contributed by atoms with Gasteiger partial charge in [-0.15, -0.1) is 0 Å². The van der Waals surface area contributed by atoms with E-state index in [4.69, 9.17) is 5.73 Å². The Morgan fingerprint density at radius 2 is 1.79 bits per heavy atom. The highest BCUT2D eigenvalue weighted by atomic mass is 15.3. The molecule has 0 radical (unpaired) electrons. The van der Waals surface area contributed by atoms with Gasteiger partial charge >= 0.3 is 0 Å². The lowest BCUT2D eigenvalue weighted by atomic mass is 10.3. The molecule has 0 spiro atoms. The SMILES string of the molecule is CN(C)c1nc(N)nc(N(C)Cc2ccccn2)n1. The molecule has 2 rings (SSSR count). The van der Waals surface area contributed by atoms with E-state index in [1.165, 1.54) is 0 Å². The number of nitrogen functional groups attached to an aromatic ring is 1. The minimum Gasteiger partial charge on any atom is -0.368 e. The van der Waals surface area contributed by atoms with E-state index in [1.807, 2.05) is 44.2 Å². The summed E-state index contributed by atoms with van der Waals surface area (Å²) in [5.74, 6) is 1.28. The van der Waals surface area contributed by atoms with Gasteiger partial charge in [-0.3, -0.25) is 4.98 Å². The summed E-state index contributed by atoms with van der Waals surface area (Å²) in [6.45, 7) is 0.608. The fourth-order valence-corrected chi connectivity index (χ4v) is 1.55. The van der Waals surface area contributed by atoms with Gasteiger partial charge in [-0.25, -0.2) is 0 Å². The summed E-state index contributed by atoms with van der Waals surface area (Å²) in [4.78, 5) is 20.5. The smallest absolute Gasteiger partial charge is 0.232 e. The fraction of sp³-hybridized carbons (Fsp3) is 0.333. The van der Waals surface area contributed by atoms with Crippen LogP contribution in [0, 0.1) is 0 Å². The maximum atomic E-state index is 5.70. The van der Waals surface area contributed by atoms with Gasteiger partial charge in [0, 0.05) is 27.3 Å². The van der Waals surface area contributed by atoms with E-state index >= 15 is 0 Å². The predicted octanol–water partition coefficient (Wildman–Crippen LogP) is 0.551. The molecule has 0 saturated heterocycles. The number of nitrogens with two attached hydrogens (primary N) is 1. The summed E-state index contributed by atoms with van der Waals surface area (Å²) in [5, 5.41) is 0. The van der Waals surface area contributed by atoms with Gasteiger partial charge in [0.2, 0.25) is 17.8 Å². The Morgan fingerprint density at radius 1 is 1.05 bits per heavy atom. The summed E-state index contributed by atoms with van der Waals surface area (Å²) in [5.41, 5.74) is 6.64. The maximum absolute atomic E-state index is 5.70. The van der Waals surface area contributed by atoms with Crippen molar-refractivity contribution in [3.8, 4) is 0 Å². The lowest BCUT2D eigenvalue weighted by Gasteiger charge is -2.18. The van der Waals surface area contributed by atoms with Crippen LogP contribution in [0.2, 0.25) is 0 Å². The third-order valence-corrected chi connectivity index (χ3v) is 2.50. The molecule has 0 fully saturated rings. The maximum Gasteiger partial charge on any atom is 0.232 e. The molecule has 0 aliphatic rings. The van der Waals surface area contributed by atoms with Gasteiger partial charge in [-0.05, 0) is 12.1 Å². The summed E-state index contributed by atoms with van der Waals surface area (Å²) in [6.07, 6.45) is 1.76. The Morgan fingerprint density at radius 3 is 2.42 bits per heavy atom. The average molecular weight is 259 g/mol. The Balaban J connectivity index is 2.21. The van der Waals surface area contributed by atoms with Crippen LogP contribution in [0.25, 0.3) is 0 Å². The molecule has 2 aromatic rings. The van der Waals surface area contributed by atoms with E-state index in [-0.39, 0.29) is 5.95 Å². The van der Waals surface area contributed by atoms with E-state index in [0.717, 1.165) is 5.69 Å². The van der Waals surface area contributed by atoms with Gasteiger partial charge in [-0.2, -0.15) is 15.0 Å². The van der Waals surface area contributed by atoms with E-state index in [0.29, 0.717) is 18.4 Å². The summed E-state index contributed by atoms with van der Waals surface area (Å²) >= 11 is 0. The normalized spacial score (nSPS) is 10.3. The van der Waals surface area contributed by atoms with Gasteiger partial charge in [0.1, 0.15) is 0 Å². The molecule has 0 atom stereocenters. The quantitative estimate of drug-likeness (QED) is 0.858. The van der Waals surface area contributed by atoms with E-state index in [1.54, 1.807) is 11.1 Å². The van der Waals surface area contributed by atoms with Crippen LogP contribution in [-0.2, 0) is 6.54 Å². The summed E-state index contributed by atoms with van der Waals surface area (Å²) < 4.78 is 0. The van der Waals surface area contributed by atoms with Crippen molar-refractivity contribution in [1.82, 2.24) is 19.9 Å². The molecule has 2 heterocycles. The molecule has 100 valence electrons. The number of nitrogens with zero attached hydrogens (tertiary/aromatic N) is 6. The first-order chi connectivity index (χ1) is 9.06. The fourth-order valence-electron chi connectivity index (χ4n) is 1.55. The Labute approximate surface area is 112 Å². The van der Waals surface area contributed by atoms with Crippen LogP contribution in [-0.4, -0.2) is 41.1 Å². The average Bonchev–Trinajstić information content (AvgIpc) is 2.39. The molecule has 2 aromatic heterocycles. The van der Waals surface area contributed by atoms with Crippen molar-refractivity contribution in [2.24, 2.45) is 0 Å². The minimum absolute atomic E-state index is 0.210. The Bertz CT molecular complexity index is 541. The van der Waals surface area contributed by atoms with Crippen LogP contribution < -0.4 is 15.5 Å². The highest BCUT2D eigenvalue weighted by molar-refractivity contribution is 5.42. The molecule has 0 amide bonds. The number of rotatable bonds is 4.